The average Bonchev–Trinajstić information content (AvgIpc) is 2.87. The molecular formula is C33H56N4O6. The molecule has 244 valence electrons. The molecule has 0 spiro atoms. The normalized spacial score (nSPS) is 12.3. The number of rotatable bonds is 13. The van der Waals surface area contributed by atoms with Crippen molar-refractivity contribution >= 4 is 11.9 Å². The van der Waals surface area contributed by atoms with Crippen LogP contribution in [-0.4, -0.2) is 72.7 Å². The molecule has 2 aromatic rings. The molecule has 10 nitrogen and oxygen atoms in total. The number of esters is 2. The van der Waals surface area contributed by atoms with E-state index in [1.807, 2.05) is 77.8 Å². The van der Waals surface area contributed by atoms with Gasteiger partial charge in [0.1, 0.15) is 6.04 Å². The standard InChI is InChI=1S/C16H26N2O3.C9H18O2.C8H12N2O/c1-6-21-16(20)14(9-12(2)3)18-8-7-13(10-15(18)19)11-17(4)5;1-5-11-9(10)8(4)6-7(2)3;1-10(2)6-7-3-4-9-8(11)5-7/h7-8,10,12,14H,6,9,11H2,1-5H3;7-8H,5-6H2,1-4H3;3-5H,6H2,1-2H3,(H,9,11). The summed E-state index contributed by atoms with van der Waals surface area (Å²) in [6.45, 7) is 16.1. The van der Waals surface area contributed by atoms with Gasteiger partial charge in [-0.3, -0.25) is 14.4 Å². The van der Waals surface area contributed by atoms with E-state index in [9.17, 15) is 19.2 Å². The number of hydrogen-bond acceptors (Lipinski definition) is 8. The van der Waals surface area contributed by atoms with Crippen LogP contribution in [0, 0.1) is 17.8 Å². The van der Waals surface area contributed by atoms with Gasteiger partial charge in [0.05, 0.1) is 19.1 Å². The molecule has 2 rings (SSSR count). The fourth-order valence-corrected chi connectivity index (χ4v) is 4.30. The van der Waals surface area contributed by atoms with E-state index in [-0.39, 0.29) is 29.0 Å². The van der Waals surface area contributed by atoms with Crippen molar-refractivity contribution in [3.05, 3.63) is 68.5 Å². The Hall–Kier alpha value is -3.24. The van der Waals surface area contributed by atoms with Gasteiger partial charge in [0.25, 0.3) is 5.56 Å². The van der Waals surface area contributed by atoms with Crippen molar-refractivity contribution in [2.24, 2.45) is 17.8 Å². The molecule has 43 heavy (non-hydrogen) atoms. The van der Waals surface area contributed by atoms with E-state index in [1.165, 1.54) is 4.57 Å². The lowest BCUT2D eigenvalue weighted by atomic mass is 9.99. The van der Waals surface area contributed by atoms with E-state index in [0.29, 0.717) is 38.0 Å². The van der Waals surface area contributed by atoms with Crippen molar-refractivity contribution in [3.63, 3.8) is 0 Å². The fraction of sp³-hybridized carbons (Fsp3) is 0.636. The summed E-state index contributed by atoms with van der Waals surface area (Å²) >= 11 is 0. The van der Waals surface area contributed by atoms with Gasteiger partial charge in [-0.2, -0.15) is 0 Å². The maximum absolute atomic E-state index is 12.3. The van der Waals surface area contributed by atoms with Gasteiger partial charge in [0.2, 0.25) is 5.56 Å². The largest absolute Gasteiger partial charge is 0.466 e. The van der Waals surface area contributed by atoms with Gasteiger partial charge in [-0.05, 0) is 90.0 Å². The molecule has 0 radical (unpaired) electrons. The monoisotopic (exact) mass is 604 g/mol. The molecule has 0 saturated carbocycles. The highest BCUT2D eigenvalue weighted by Crippen LogP contribution is 2.18. The second kappa shape index (κ2) is 21.4. The number of hydrogen-bond donors (Lipinski definition) is 1. The fourth-order valence-electron chi connectivity index (χ4n) is 4.30. The highest BCUT2D eigenvalue weighted by Gasteiger charge is 2.24. The number of ether oxygens (including phenoxy) is 2. The van der Waals surface area contributed by atoms with Crippen LogP contribution in [0.25, 0.3) is 0 Å². The number of carbonyl (C=O) groups excluding carboxylic acids is 2. The number of H-pyrrole nitrogens is 1. The molecule has 2 unspecified atom stereocenters. The molecule has 2 heterocycles. The van der Waals surface area contributed by atoms with Gasteiger partial charge in [-0.15, -0.1) is 0 Å². The SMILES string of the molecule is CCOC(=O)C(C)CC(C)C.CCOC(=O)C(CC(C)C)n1ccc(CN(C)C)cc1=O.CN(C)Cc1cc[nH]c(=O)c1. The number of aromatic nitrogens is 2. The van der Waals surface area contributed by atoms with E-state index >= 15 is 0 Å². The van der Waals surface area contributed by atoms with Gasteiger partial charge in [0.15, 0.2) is 0 Å². The molecule has 0 aromatic carbocycles. The second-order valence-corrected chi connectivity index (χ2v) is 12.0. The maximum atomic E-state index is 12.3. The number of nitrogens with zero attached hydrogens (tertiary/aromatic N) is 3. The summed E-state index contributed by atoms with van der Waals surface area (Å²) in [4.78, 5) is 52.8. The molecular weight excluding hydrogens is 548 g/mol. The molecule has 2 atom stereocenters. The first-order valence-electron chi connectivity index (χ1n) is 15.1. The Labute approximate surface area is 258 Å². The van der Waals surface area contributed by atoms with Crippen molar-refractivity contribution in [2.45, 2.75) is 80.4 Å². The van der Waals surface area contributed by atoms with Crippen molar-refractivity contribution in [2.75, 3.05) is 41.4 Å². The molecule has 0 bridgehead atoms. The van der Waals surface area contributed by atoms with E-state index in [0.717, 1.165) is 24.1 Å². The molecule has 0 fully saturated rings. The van der Waals surface area contributed by atoms with Gasteiger partial charge < -0.3 is 28.8 Å². The van der Waals surface area contributed by atoms with Gasteiger partial charge >= 0.3 is 11.9 Å². The number of carbonyl (C=O) groups is 2. The van der Waals surface area contributed by atoms with Crippen molar-refractivity contribution in [3.8, 4) is 0 Å². The first-order valence-corrected chi connectivity index (χ1v) is 15.1. The van der Waals surface area contributed by atoms with Crippen LogP contribution < -0.4 is 11.1 Å². The minimum absolute atomic E-state index is 0.0376. The first kappa shape index (κ1) is 39.8. The summed E-state index contributed by atoms with van der Waals surface area (Å²) < 4.78 is 11.5. The lowest BCUT2D eigenvalue weighted by Gasteiger charge is -2.20. The smallest absolute Gasteiger partial charge is 0.329 e. The predicted molar refractivity (Wildman–Crippen MR) is 173 cm³/mol. The third kappa shape index (κ3) is 18.1. The van der Waals surface area contributed by atoms with Crippen LogP contribution in [0.15, 0.2) is 46.2 Å². The Morgan fingerprint density at radius 3 is 1.74 bits per heavy atom. The molecule has 10 heteroatoms. The summed E-state index contributed by atoms with van der Waals surface area (Å²) in [5, 5.41) is 0. The predicted octanol–water partition coefficient (Wildman–Crippen LogP) is 4.73. The van der Waals surface area contributed by atoms with Crippen LogP contribution in [0.5, 0.6) is 0 Å². The van der Waals surface area contributed by atoms with E-state index < -0.39 is 6.04 Å². The lowest BCUT2D eigenvalue weighted by Crippen LogP contribution is -2.32. The minimum atomic E-state index is -0.550. The Bertz CT molecular complexity index is 1190. The molecule has 2 aromatic heterocycles. The van der Waals surface area contributed by atoms with E-state index in [4.69, 9.17) is 9.47 Å². The molecule has 0 aliphatic carbocycles. The Kier molecular flexibility index (Phi) is 19.8. The van der Waals surface area contributed by atoms with Crippen LogP contribution in [0.1, 0.15) is 78.5 Å². The highest BCUT2D eigenvalue weighted by atomic mass is 16.5. The third-order valence-corrected chi connectivity index (χ3v) is 5.95. The summed E-state index contributed by atoms with van der Waals surface area (Å²) in [6.07, 6.45) is 4.87. The molecule has 1 N–H and O–H groups in total. The van der Waals surface area contributed by atoms with Crippen LogP contribution in [0.3, 0.4) is 0 Å². The van der Waals surface area contributed by atoms with Crippen molar-refractivity contribution in [1.82, 2.24) is 19.4 Å². The average molecular weight is 605 g/mol. The Morgan fingerprint density at radius 1 is 0.791 bits per heavy atom. The number of nitrogens with one attached hydrogen (secondary N) is 1. The molecule has 0 saturated heterocycles. The van der Waals surface area contributed by atoms with Crippen LogP contribution in [0.4, 0.5) is 0 Å². The van der Waals surface area contributed by atoms with Crippen LogP contribution in [0.2, 0.25) is 0 Å². The summed E-state index contributed by atoms with van der Waals surface area (Å²) in [6, 6.07) is 6.44. The summed E-state index contributed by atoms with van der Waals surface area (Å²) in [5.41, 5.74) is 1.78. The van der Waals surface area contributed by atoms with Gasteiger partial charge in [-0.25, -0.2) is 4.79 Å². The quantitative estimate of drug-likeness (QED) is 0.327. The molecule has 0 aliphatic rings. The maximum Gasteiger partial charge on any atom is 0.329 e. The van der Waals surface area contributed by atoms with Gasteiger partial charge in [0, 0.05) is 37.6 Å². The summed E-state index contributed by atoms with van der Waals surface area (Å²) in [5.74, 6) is 0.506. The second-order valence-electron chi connectivity index (χ2n) is 12.0. The van der Waals surface area contributed by atoms with E-state index in [1.54, 1.807) is 31.5 Å². The lowest BCUT2D eigenvalue weighted by molar-refractivity contribution is -0.148. The van der Waals surface area contributed by atoms with Crippen molar-refractivity contribution < 1.29 is 19.1 Å². The van der Waals surface area contributed by atoms with Crippen LogP contribution >= 0.6 is 0 Å². The van der Waals surface area contributed by atoms with Gasteiger partial charge in [-0.1, -0.05) is 34.6 Å². The zero-order valence-electron chi connectivity index (χ0n) is 28.3. The molecule has 0 amide bonds. The zero-order valence-corrected chi connectivity index (χ0v) is 28.3. The molecule has 0 aliphatic heterocycles. The number of aromatic amines is 1. The Morgan fingerprint density at radius 2 is 1.30 bits per heavy atom. The van der Waals surface area contributed by atoms with Crippen LogP contribution in [-0.2, 0) is 32.2 Å². The zero-order chi connectivity index (χ0) is 33.1. The first-order chi connectivity index (χ1) is 20.1. The summed E-state index contributed by atoms with van der Waals surface area (Å²) in [7, 11) is 7.85. The highest BCUT2D eigenvalue weighted by molar-refractivity contribution is 5.74. The number of pyridine rings is 2. The van der Waals surface area contributed by atoms with E-state index in [2.05, 4.69) is 18.8 Å². The topological polar surface area (TPSA) is 114 Å². The minimum Gasteiger partial charge on any atom is -0.466 e. The Balaban J connectivity index is 0.000000677. The van der Waals surface area contributed by atoms with Crippen molar-refractivity contribution in [1.29, 1.82) is 0 Å². The third-order valence-electron chi connectivity index (χ3n) is 5.95.